The molecule has 0 aliphatic rings. The molecule has 0 radical (unpaired) electrons. The Morgan fingerprint density at radius 2 is 2.08 bits per heavy atom. The van der Waals surface area contributed by atoms with Crippen molar-refractivity contribution in [1.29, 1.82) is 5.41 Å². The third kappa shape index (κ3) is 3.85. The minimum Gasteiger partial charge on any atom is -0.510 e. The number of aliphatic hydroxyl groups excluding tert-OH is 1. The first kappa shape index (κ1) is 11.1. The first-order valence-corrected chi connectivity index (χ1v) is 3.58. The number of allylic oxidation sites excluding steroid dienone is 1. The summed E-state index contributed by atoms with van der Waals surface area (Å²) in [5, 5.41) is 18.7. The van der Waals surface area contributed by atoms with Crippen molar-refractivity contribution in [2.75, 3.05) is 0 Å². The topological polar surface area (TPSA) is 108 Å². The van der Waals surface area contributed by atoms with E-state index in [4.69, 9.17) is 22.0 Å². The molecule has 7 N–H and O–H groups in total. The van der Waals surface area contributed by atoms with Crippen molar-refractivity contribution < 1.29 is 5.11 Å². The first-order valence-electron chi connectivity index (χ1n) is 3.58. The number of rotatable bonds is 4. The van der Waals surface area contributed by atoms with Gasteiger partial charge in [0, 0.05) is 6.08 Å². The Kier molecular flexibility index (Phi) is 4.15. The van der Waals surface area contributed by atoms with E-state index in [1.807, 2.05) is 0 Å². The van der Waals surface area contributed by atoms with Gasteiger partial charge in [0.2, 0.25) is 0 Å². The standard InChI is InChI=1S/C8H14N4O/c1-3-12-6(4-7(9)10)8(11)5(2)13/h3-4,12-13H,1,11H2,2H3,(H3,9,10). The van der Waals surface area contributed by atoms with Crippen molar-refractivity contribution in [3.8, 4) is 0 Å². The fourth-order valence-corrected chi connectivity index (χ4v) is 0.658. The summed E-state index contributed by atoms with van der Waals surface area (Å²) >= 11 is 0. The van der Waals surface area contributed by atoms with E-state index in [0.717, 1.165) is 0 Å². The molecule has 0 unspecified atom stereocenters. The van der Waals surface area contributed by atoms with E-state index in [1.165, 1.54) is 19.2 Å². The zero-order valence-corrected chi connectivity index (χ0v) is 7.46. The van der Waals surface area contributed by atoms with E-state index < -0.39 is 0 Å². The second-order valence-electron chi connectivity index (χ2n) is 2.36. The summed E-state index contributed by atoms with van der Waals surface area (Å²) in [6.07, 6.45) is 2.67. The lowest BCUT2D eigenvalue weighted by Gasteiger charge is -2.07. The fourth-order valence-electron chi connectivity index (χ4n) is 0.658. The number of hydrogen-bond donors (Lipinski definition) is 5. The Morgan fingerprint density at radius 3 is 2.38 bits per heavy atom. The summed E-state index contributed by atoms with van der Waals surface area (Å²) in [7, 11) is 0. The molecular formula is C8H14N4O. The van der Waals surface area contributed by atoms with Crippen molar-refractivity contribution in [3.05, 3.63) is 36.0 Å². The average molecular weight is 182 g/mol. The van der Waals surface area contributed by atoms with Gasteiger partial charge in [-0.3, -0.25) is 5.41 Å². The number of nitrogens with two attached hydrogens (primary N) is 2. The Labute approximate surface area is 76.9 Å². The van der Waals surface area contributed by atoms with Crippen LogP contribution in [0.5, 0.6) is 0 Å². The van der Waals surface area contributed by atoms with Crippen LogP contribution in [0, 0.1) is 5.41 Å². The highest BCUT2D eigenvalue weighted by Gasteiger charge is 2.02. The average Bonchev–Trinajstić information content (AvgIpc) is 2.01. The molecule has 0 aromatic heterocycles. The van der Waals surface area contributed by atoms with Gasteiger partial charge in [-0.15, -0.1) is 0 Å². The summed E-state index contributed by atoms with van der Waals surface area (Å²) in [5.41, 5.74) is 11.1. The van der Waals surface area contributed by atoms with Gasteiger partial charge in [-0.1, -0.05) is 6.58 Å². The first-order chi connectivity index (χ1) is 5.99. The summed E-state index contributed by atoms with van der Waals surface area (Å²) in [5.74, 6) is -0.199. The molecule has 0 saturated carbocycles. The molecule has 0 aromatic carbocycles. The van der Waals surface area contributed by atoms with Gasteiger partial charge < -0.3 is 21.9 Å². The predicted molar refractivity (Wildman–Crippen MR) is 52.8 cm³/mol. The highest BCUT2D eigenvalue weighted by atomic mass is 16.3. The van der Waals surface area contributed by atoms with Crippen molar-refractivity contribution in [3.63, 3.8) is 0 Å². The zero-order valence-electron chi connectivity index (χ0n) is 7.46. The molecule has 0 atom stereocenters. The molecule has 0 fully saturated rings. The molecule has 5 heteroatoms. The second kappa shape index (κ2) is 4.87. The number of amidine groups is 1. The zero-order chi connectivity index (χ0) is 10.4. The van der Waals surface area contributed by atoms with E-state index in [9.17, 15) is 0 Å². The van der Waals surface area contributed by atoms with Gasteiger partial charge in [-0.2, -0.15) is 0 Å². The molecular weight excluding hydrogens is 168 g/mol. The van der Waals surface area contributed by atoms with Crippen molar-refractivity contribution in [2.45, 2.75) is 6.92 Å². The van der Waals surface area contributed by atoms with Gasteiger partial charge >= 0.3 is 0 Å². The molecule has 72 valence electrons. The number of aliphatic hydroxyl groups is 1. The van der Waals surface area contributed by atoms with Crippen LogP contribution >= 0.6 is 0 Å². The molecule has 0 aromatic rings. The van der Waals surface area contributed by atoms with Crippen molar-refractivity contribution >= 4 is 5.84 Å². The molecule has 5 nitrogen and oxygen atoms in total. The SMILES string of the molecule is C=CNC(=CC(=N)N)C(N)=C(C)O. The Balaban J connectivity index is 4.92. The molecule has 0 spiro atoms. The third-order valence-corrected chi connectivity index (χ3v) is 1.24. The lowest BCUT2D eigenvalue weighted by molar-refractivity contribution is 0.407. The molecule has 0 bridgehead atoms. The lowest BCUT2D eigenvalue weighted by Crippen LogP contribution is -2.18. The van der Waals surface area contributed by atoms with Crippen LogP contribution in [0.3, 0.4) is 0 Å². The van der Waals surface area contributed by atoms with Gasteiger partial charge in [-0.25, -0.2) is 0 Å². The molecule has 0 rings (SSSR count). The summed E-state index contributed by atoms with van der Waals surface area (Å²) in [6.45, 7) is 4.87. The van der Waals surface area contributed by atoms with Crippen molar-refractivity contribution in [2.24, 2.45) is 11.5 Å². The van der Waals surface area contributed by atoms with Gasteiger partial charge in [0.25, 0.3) is 0 Å². The maximum absolute atomic E-state index is 9.06. The normalized spacial score (nSPS) is 13.2. The van der Waals surface area contributed by atoms with Gasteiger partial charge in [0.1, 0.15) is 11.6 Å². The van der Waals surface area contributed by atoms with Crippen LogP contribution in [0.4, 0.5) is 0 Å². The molecule has 0 amide bonds. The lowest BCUT2D eigenvalue weighted by atomic mass is 10.2. The minimum atomic E-state index is -0.159. The third-order valence-electron chi connectivity index (χ3n) is 1.24. The Morgan fingerprint density at radius 1 is 1.54 bits per heavy atom. The maximum Gasteiger partial charge on any atom is 0.117 e. The molecule has 13 heavy (non-hydrogen) atoms. The summed E-state index contributed by atoms with van der Waals surface area (Å²) in [6, 6.07) is 0. The van der Waals surface area contributed by atoms with E-state index in [-0.39, 0.29) is 17.3 Å². The quantitative estimate of drug-likeness (QED) is 0.186. The second-order valence-corrected chi connectivity index (χ2v) is 2.36. The summed E-state index contributed by atoms with van der Waals surface area (Å²) < 4.78 is 0. The maximum atomic E-state index is 9.06. The fraction of sp³-hybridized carbons (Fsp3) is 0.125. The molecule has 0 aliphatic carbocycles. The van der Waals surface area contributed by atoms with E-state index in [1.54, 1.807) is 0 Å². The van der Waals surface area contributed by atoms with Crippen LogP contribution in [0.25, 0.3) is 0 Å². The van der Waals surface area contributed by atoms with Crippen LogP contribution in [-0.4, -0.2) is 10.9 Å². The van der Waals surface area contributed by atoms with E-state index in [0.29, 0.717) is 5.70 Å². The minimum absolute atomic E-state index is 0.0400. The van der Waals surface area contributed by atoms with Crippen LogP contribution < -0.4 is 16.8 Å². The predicted octanol–water partition coefficient (Wildman–Crippen LogP) is 0.288. The van der Waals surface area contributed by atoms with Crippen LogP contribution in [0.15, 0.2) is 36.0 Å². The van der Waals surface area contributed by atoms with Crippen molar-refractivity contribution in [1.82, 2.24) is 5.32 Å². The number of hydrogen-bond acceptors (Lipinski definition) is 4. The molecule has 0 saturated heterocycles. The van der Waals surface area contributed by atoms with Gasteiger partial charge in [0.05, 0.1) is 11.4 Å². The van der Waals surface area contributed by atoms with Gasteiger partial charge in [0.15, 0.2) is 0 Å². The van der Waals surface area contributed by atoms with Gasteiger partial charge in [-0.05, 0) is 13.1 Å². The largest absolute Gasteiger partial charge is 0.510 e. The van der Waals surface area contributed by atoms with Crippen LogP contribution in [0.1, 0.15) is 6.92 Å². The molecule has 0 heterocycles. The number of nitrogens with one attached hydrogen (secondary N) is 2. The molecule has 0 aliphatic heterocycles. The summed E-state index contributed by atoms with van der Waals surface area (Å²) in [4.78, 5) is 0. The highest BCUT2D eigenvalue weighted by Crippen LogP contribution is 2.03. The van der Waals surface area contributed by atoms with Crippen LogP contribution in [-0.2, 0) is 0 Å². The Bertz CT molecular complexity index is 274. The van der Waals surface area contributed by atoms with E-state index >= 15 is 0 Å². The van der Waals surface area contributed by atoms with E-state index in [2.05, 4.69) is 11.9 Å². The monoisotopic (exact) mass is 182 g/mol. The Hall–Kier alpha value is -1.91. The smallest absolute Gasteiger partial charge is 0.117 e. The van der Waals surface area contributed by atoms with Crippen LogP contribution in [0.2, 0.25) is 0 Å². The highest BCUT2D eigenvalue weighted by molar-refractivity contribution is 5.89.